The van der Waals surface area contributed by atoms with Crippen LogP contribution in [-0.2, 0) is 9.59 Å². The first-order chi connectivity index (χ1) is 9.75. The molecule has 0 fully saturated rings. The maximum atomic E-state index is 12.3. The van der Waals surface area contributed by atoms with Crippen LogP contribution >= 0.6 is 23.5 Å². The van der Waals surface area contributed by atoms with Gasteiger partial charge < -0.3 is 10.6 Å². The van der Waals surface area contributed by atoms with Gasteiger partial charge in [0.2, 0.25) is 11.8 Å². The molecule has 6 heteroatoms. The second-order valence-electron chi connectivity index (χ2n) is 5.18. The number of rotatable bonds is 2. The number of carbonyl (C=O) groups excluding carboxylic acids is 2. The zero-order chi connectivity index (χ0) is 13.7. The van der Waals surface area contributed by atoms with E-state index in [1.165, 1.54) is 0 Å². The Labute approximate surface area is 125 Å². The maximum absolute atomic E-state index is 12.3. The van der Waals surface area contributed by atoms with E-state index >= 15 is 0 Å². The topological polar surface area (TPSA) is 58.2 Å². The van der Waals surface area contributed by atoms with Crippen molar-refractivity contribution in [3.05, 3.63) is 35.5 Å². The number of hydrogen-bond acceptors (Lipinski definition) is 4. The SMILES string of the molecule is O=C1NC(C2C=CCS2)C2=C1C(C1C=CCS1)NC2=O. The fraction of sp³-hybridized carbons (Fsp3) is 0.429. The van der Waals surface area contributed by atoms with E-state index in [-0.39, 0.29) is 34.4 Å². The molecular formula is C14H14N2O2S2. The van der Waals surface area contributed by atoms with Crippen LogP contribution in [0.1, 0.15) is 0 Å². The van der Waals surface area contributed by atoms with Crippen molar-refractivity contribution >= 4 is 35.3 Å². The molecule has 0 saturated carbocycles. The van der Waals surface area contributed by atoms with Crippen molar-refractivity contribution < 1.29 is 9.59 Å². The van der Waals surface area contributed by atoms with Gasteiger partial charge in [0.1, 0.15) is 0 Å². The van der Waals surface area contributed by atoms with Crippen LogP contribution in [0.2, 0.25) is 0 Å². The van der Waals surface area contributed by atoms with Gasteiger partial charge >= 0.3 is 0 Å². The Hall–Kier alpha value is -1.14. The molecule has 0 aromatic carbocycles. The fourth-order valence-electron chi connectivity index (χ4n) is 3.18. The summed E-state index contributed by atoms with van der Waals surface area (Å²) in [6.07, 6.45) is 8.38. The normalized spacial score (nSPS) is 38.6. The zero-order valence-electron chi connectivity index (χ0n) is 10.7. The van der Waals surface area contributed by atoms with E-state index in [2.05, 4.69) is 34.9 Å². The summed E-state index contributed by atoms with van der Waals surface area (Å²) in [5.41, 5.74) is 1.34. The van der Waals surface area contributed by atoms with E-state index < -0.39 is 0 Å². The van der Waals surface area contributed by atoms with Gasteiger partial charge in [-0.05, 0) is 0 Å². The number of hydrogen-bond donors (Lipinski definition) is 2. The minimum Gasteiger partial charge on any atom is -0.344 e. The summed E-state index contributed by atoms with van der Waals surface area (Å²) >= 11 is 3.53. The monoisotopic (exact) mass is 306 g/mol. The van der Waals surface area contributed by atoms with Gasteiger partial charge in [-0.2, -0.15) is 0 Å². The lowest BCUT2D eigenvalue weighted by Crippen LogP contribution is -2.45. The molecule has 4 unspecified atom stereocenters. The van der Waals surface area contributed by atoms with Crippen molar-refractivity contribution in [2.45, 2.75) is 22.6 Å². The Morgan fingerprint density at radius 3 is 1.65 bits per heavy atom. The molecule has 2 amide bonds. The quantitative estimate of drug-likeness (QED) is 0.735. The van der Waals surface area contributed by atoms with Gasteiger partial charge in [-0.3, -0.25) is 9.59 Å². The van der Waals surface area contributed by atoms with Crippen LogP contribution < -0.4 is 10.6 Å². The first-order valence-electron chi connectivity index (χ1n) is 6.68. The lowest BCUT2D eigenvalue weighted by molar-refractivity contribution is -0.118. The lowest BCUT2D eigenvalue weighted by Gasteiger charge is -2.21. The van der Waals surface area contributed by atoms with Crippen LogP contribution in [-0.4, -0.2) is 45.9 Å². The average Bonchev–Trinajstić information content (AvgIpc) is 3.17. The molecule has 4 aliphatic rings. The van der Waals surface area contributed by atoms with E-state index in [1.807, 2.05) is 0 Å². The van der Waals surface area contributed by atoms with Gasteiger partial charge in [0.25, 0.3) is 0 Å². The molecule has 4 atom stereocenters. The summed E-state index contributed by atoms with van der Waals surface area (Å²) in [4.78, 5) is 24.6. The van der Waals surface area contributed by atoms with Gasteiger partial charge in [0.05, 0.1) is 23.2 Å². The van der Waals surface area contributed by atoms with Crippen LogP contribution in [0.25, 0.3) is 0 Å². The average molecular weight is 306 g/mol. The molecule has 104 valence electrons. The molecule has 2 N–H and O–H groups in total. The molecular weight excluding hydrogens is 292 g/mol. The van der Waals surface area contributed by atoms with E-state index in [0.29, 0.717) is 11.1 Å². The Balaban J connectivity index is 1.69. The van der Waals surface area contributed by atoms with Crippen LogP contribution in [0.4, 0.5) is 0 Å². The van der Waals surface area contributed by atoms with Gasteiger partial charge in [-0.1, -0.05) is 24.3 Å². The number of amides is 2. The summed E-state index contributed by atoms with van der Waals surface area (Å²) in [6, 6.07) is -0.330. The predicted octanol–water partition coefficient (Wildman–Crippen LogP) is 0.623. The highest BCUT2D eigenvalue weighted by Crippen LogP contribution is 2.38. The molecule has 0 aromatic heterocycles. The van der Waals surface area contributed by atoms with Gasteiger partial charge in [0, 0.05) is 22.0 Å². The molecule has 0 saturated heterocycles. The molecule has 4 heterocycles. The highest BCUT2D eigenvalue weighted by Gasteiger charge is 2.49. The maximum Gasteiger partial charge on any atom is 0.250 e. The number of carbonyl (C=O) groups is 2. The van der Waals surface area contributed by atoms with Crippen molar-refractivity contribution in [1.82, 2.24) is 10.6 Å². The second-order valence-corrected chi connectivity index (χ2v) is 7.60. The van der Waals surface area contributed by atoms with Gasteiger partial charge in [-0.25, -0.2) is 0 Å². The third-order valence-corrected chi connectivity index (χ3v) is 6.45. The third kappa shape index (κ3) is 1.78. The van der Waals surface area contributed by atoms with Crippen molar-refractivity contribution in [3.8, 4) is 0 Å². The summed E-state index contributed by atoms with van der Waals surface area (Å²) < 4.78 is 0. The minimum atomic E-state index is -0.165. The minimum absolute atomic E-state index is 0.0739. The van der Waals surface area contributed by atoms with Crippen molar-refractivity contribution in [3.63, 3.8) is 0 Å². The summed E-state index contributed by atoms with van der Waals surface area (Å²) in [7, 11) is 0. The van der Waals surface area contributed by atoms with Crippen LogP contribution in [0.3, 0.4) is 0 Å². The Kier molecular flexibility index (Phi) is 2.96. The number of nitrogens with one attached hydrogen (secondary N) is 2. The van der Waals surface area contributed by atoms with E-state index in [4.69, 9.17) is 0 Å². The number of thioether (sulfide) groups is 2. The van der Waals surface area contributed by atoms with Crippen molar-refractivity contribution in [1.29, 1.82) is 0 Å². The van der Waals surface area contributed by atoms with Crippen LogP contribution in [0.15, 0.2) is 35.5 Å². The lowest BCUT2D eigenvalue weighted by atomic mass is 9.99. The van der Waals surface area contributed by atoms with Crippen LogP contribution in [0, 0.1) is 0 Å². The smallest absolute Gasteiger partial charge is 0.250 e. The molecule has 0 aromatic rings. The first kappa shape index (κ1) is 12.6. The highest BCUT2D eigenvalue weighted by atomic mass is 32.2. The molecule has 0 spiro atoms. The predicted molar refractivity (Wildman–Crippen MR) is 81.7 cm³/mol. The molecule has 4 nitrogen and oxygen atoms in total. The fourth-order valence-corrected chi connectivity index (χ4v) is 5.30. The van der Waals surface area contributed by atoms with Crippen LogP contribution in [0.5, 0.6) is 0 Å². The van der Waals surface area contributed by atoms with Gasteiger partial charge in [0.15, 0.2) is 0 Å². The van der Waals surface area contributed by atoms with E-state index in [9.17, 15) is 9.59 Å². The standard InChI is InChI=1S/C14H14N2O2S2/c17-13-9-10(12(16-13)8-4-2-6-20-8)14(18)15-11(9)7-3-1-5-19-7/h1-4,7-8,11-12H,5-6H2,(H,15,18)(H,16,17). The first-order valence-corrected chi connectivity index (χ1v) is 8.78. The largest absolute Gasteiger partial charge is 0.344 e. The Morgan fingerprint density at radius 2 is 1.30 bits per heavy atom. The van der Waals surface area contributed by atoms with Crippen molar-refractivity contribution in [2.24, 2.45) is 0 Å². The highest BCUT2D eigenvalue weighted by molar-refractivity contribution is 8.00. The summed E-state index contributed by atoms with van der Waals surface area (Å²) in [5, 5.41) is 6.37. The van der Waals surface area contributed by atoms with Crippen molar-refractivity contribution in [2.75, 3.05) is 11.5 Å². The molecule has 0 bridgehead atoms. The molecule has 4 rings (SSSR count). The van der Waals surface area contributed by atoms with E-state index in [1.54, 1.807) is 23.5 Å². The Bertz CT molecular complexity index is 532. The second kappa shape index (κ2) is 4.70. The summed E-state index contributed by atoms with van der Waals surface area (Å²) in [5.74, 6) is 1.75. The zero-order valence-corrected chi connectivity index (χ0v) is 12.3. The van der Waals surface area contributed by atoms with Gasteiger partial charge in [-0.15, -0.1) is 23.5 Å². The van der Waals surface area contributed by atoms with E-state index in [0.717, 1.165) is 11.5 Å². The molecule has 20 heavy (non-hydrogen) atoms. The molecule has 0 radical (unpaired) electrons. The Morgan fingerprint density at radius 1 is 0.850 bits per heavy atom. The molecule has 0 aliphatic carbocycles. The third-order valence-electron chi connectivity index (χ3n) is 4.05. The molecule has 4 aliphatic heterocycles. The summed E-state index contributed by atoms with van der Waals surface area (Å²) in [6.45, 7) is 0.